The first kappa shape index (κ1) is 18.7. The standard InChI is InChI=1S/C19H21N3O5/c1-26-17-6-4-3-5-14(17)16-12-20-9-10-21(16)19(23)13-7-8-15(22(24)25)18(11-13)27-2/h3-8,11,16,20H,9-10,12H2,1-2H3. The zero-order valence-electron chi connectivity index (χ0n) is 15.2. The van der Waals surface area contributed by atoms with Crippen LogP contribution < -0.4 is 14.8 Å². The maximum atomic E-state index is 13.2. The Hall–Kier alpha value is -3.13. The molecule has 8 heteroatoms. The Morgan fingerprint density at radius 2 is 1.93 bits per heavy atom. The lowest BCUT2D eigenvalue weighted by molar-refractivity contribution is -0.385. The Balaban J connectivity index is 1.95. The lowest BCUT2D eigenvalue weighted by Crippen LogP contribution is -2.48. The number of carbonyl (C=O) groups is 1. The fourth-order valence-electron chi connectivity index (χ4n) is 3.29. The molecule has 1 heterocycles. The number of methoxy groups -OCH3 is 2. The smallest absolute Gasteiger partial charge is 0.310 e. The Kier molecular flexibility index (Phi) is 5.56. The number of nitrogens with one attached hydrogen (secondary N) is 1. The summed E-state index contributed by atoms with van der Waals surface area (Å²) in [5.41, 5.74) is 1.09. The molecular formula is C19H21N3O5. The monoisotopic (exact) mass is 371 g/mol. The summed E-state index contributed by atoms with van der Waals surface area (Å²) in [6, 6.07) is 11.6. The van der Waals surface area contributed by atoms with Gasteiger partial charge in [0.05, 0.1) is 25.2 Å². The van der Waals surface area contributed by atoms with E-state index in [2.05, 4.69) is 5.32 Å². The van der Waals surface area contributed by atoms with Gasteiger partial charge in [-0.1, -0.05) is 18.2 Å². The molecule has 0 aliphatic carbocycles. The van der Waals surface area contributed by atoms with E-state index in [0.717, 1.165) is 5.56 Å². The highest BCUT2D eigenvalue weighted by Gasteiger charge is 2.31. The summed E-state index contributed by atoms with van der Waals surface area (Å²) < 4.78 is 10.5. The van der Waals surface area contributed by atoms with Crippen molar-refractivity contribution in [2.24, 2.45) is 0 Å². The summed E-state index contributed by atoms with van der Waals surface area (Å²) in [6.07, 6.45) is 0. The van der Waals surface area contributed by atoms with Crippen LogP contribution in [0, 0.1) is 10.1 Å². The highest BCUT2D eigenvalue weighted by Crippen LogP contribution is 2.33. The fraction of sp³-hybridized carbons (Fsp3) is 0.316. The molecule has 1 fully saturated rings. The molecule has 8 nitrogen and oxygen atoms in total. The number of ether oxygens (including phenoxy) is 2. The van der Waals surface area contributed by atoms with Crippen LogP contribution in [0.15, 0.2) is 42.5 Å². The number of benzene rings is 2. The van der Waals surface area contributed by atoms with Crippen molar-refractivity contribution in [2.75, 3.05) is 33.9 Å². The van der Waals surface area contributed by atoms with Crippen molar-refractivity contribution in [2.45, 2.75) is 6.04 Å². The van der Waals surface area contributed by atoms with E-state index in [4.69, 9.17) is 9.47 Å². The number of nitro groups is 1. The van der Waals surface area contributed by atoms with Crippen LogP contribution in [0.2, 0.25) is 0 Å². The SMILES string of the molecule is COc1ccccc1C1CNCCN1C(=O)c1ccc([N+](=O)[O-])c(OC)c1. The van der Waals surface area contributed by atoms with Gasteiger partial charge in [0.1, 0.15) is 5.75 Å². The van der Waals surface area contributed by atoms with Crippen molar-refractivity contribution in [1.82, 2.24) is 10.2 Å². The van der Waals surface area contributed by atoms with E-state index in [-0.39, 0.29) is 23.4 Å². The van der Waals surface area contributed by atoms with Crippen LogP contribution >= 0.6 is 0 Å². The van der Waals surface area contributed by atoms with E-state index in [0.29, 0.717) is 30.9 Å². The molecule has 2 aromatic carbocycles. The second-order valence-electron chi connectivity index (χ2n) is 6.10. The first-order chi connectivity index (χ1) is 13.1. The number of hydrogen-bond acceptors (Lipinski definition) is 6. The van der Waals surface area contributed by atoms with E-state index >= 15 is 0 Å². The molecular weight excluding hydrogens is 350 g/mol. The van der Waals surface area contributed by atoms with Crippen molar-refractivity contribution >= 4 is 11.6 Å². The number of amides is 1. The third kappa shape index (κ3) is 3.70. The van der Waals surface area contributed by atoms with Crippen molar-refractivity contribution in [3.63, 3.8) is 0 Å². The Morgan fingerprint density at radius 3 is 2.63 bits per heavy atom. The van der Waals surface area contributed by atoms with E-state index in [1.54, 1.807) is 12.0 Å². The minimum Gasteiger partial charge on any atom is -0.496 e. The van der Waals surface area contributed by atoms with Gasteiger partial charge in [-0.2, -0.15) is 0 Å². The van der Waals surface area contributed by atoms with Gasteiger partial charge >= 0.3 is 5.69 Å². The van der Waals surface area contributed by atoms with Gasteiger partial charge in [0.2, 0.25) is 0 Å². The number of para-hydroxylation sites is 1. The fourth-order valence-corrected chi connectivity index (χ4v) is 3.29. The maximum Gasteiger partial charge on any atom is 0.310 e. The molecule has 0 spiro atoms. The van der Waals surface area contributed by atoms with Gasteiger partial charge in [-0.25, -0.2) is 0 Å². The zero-order chi connectivity index (χ0) is 19.4. The van der Waals surface area contributed by atoms with Gasteiger partial charge in [-0.3, -0.25) is 14.9 Å². The van der Waals surface area contributed by atoms with Crippen LogP contribution in [-0.2, 0) is 0 Å². The molecule has 3 rings (SSSR count). The van der Waals surface area contributed by atoms with E-state index < -0.39 is 4.92 Å². The molecule has 27 heavy (non-hydrogen) atoms. The van der Waals surface area contributed by atoms with Gasteiger partial charge < -0.3 is 19.7 Å². The quantitative estimate of drug-likeness (QED) is 0.641. The van der Waals surface area contributed by atoms with Gasteiger partial charge in [0, 0.05) is 42.9 Å². The topological polar surface area (TPSA) is 93.9 Å². The molecule has 0 aromatic heterocycles. The number of nitrogens with zero attached hydrogens (tertiary/aromatic N) is 2. The van der Waals surface area contributed by atoms with Crippen molar-refractivity contribution in [1.29, 1.82) is 0 Å². The highest BCUT2D eigenvalue weighted by molar-refractivity contribution is 5.95. The minimum atomic E-state index is -0.532. The molecule has 1 atom stereocenters. The van der Waals surface area contributed by atoms with Crippen LogP contribution in [0.1, 0.15) is 22.0 Å². The number of carbonyl (C=O) groups excluding carboxylic acids is 1. The van der Waals surface area contributed by atoms with E-state index in [9.17, 15) is 14.9 Å². The highest BCUT2D eigenvalue weighted by atomic mass is 16.6. The lowest BCUT2D eigenvalue weighted by atomic mass is 10.0. The van der Waals surface area contributed by atoms with Crippen LogP contribution in [0.5, 0.6) is 11.5 Å². The maximum absolute atomic E-state index is 13.2. The largest absolute Gasteiger partial charge is 0.496 e. The number of hydrogen-bond donors (Lipinski definition) is 1. The molecule has 1 aliphatic heterocycles. The molecule has 1 saturated heterocycles. The number of piperazine rings is 1. The predicted octanol–water partition coefficient (Wildman–Crippen LogP) is 2.40. The molecule has 142 valence electrons. The van der Waals surface area contributed by atoms with Gasteiger partial charge in [-0.05, 0) is 12.1 Å². The number of nitro benzene ring substituents is 1. The summed E-state index contributed by atoms with van der Waals surface area (Å²) in [5.74, 6) is 0.570. The molecule has 1 amide bonds. The first-order valence-electron chi connectivity index (χ1n) is 8.54. The lowest BCUT2D eigenvalue weighted by Gasteiger charge is -2.37. The summed E-state index contributed by atoms with van der Waals surface area (Å²) in [6.45, 7) is 1.78. The molecule has 0 saturated carbocycles. The first-order valence-corrected chi connectivity index (χ1v) is 8.54. The van der Waals surface area contributed by atoms with Gasteiger partial charge in [-0.15, -0.1) is 0 Å². The molecule has 1 aliphatic rings. The summed E-state index contributed by atoms with van der Waals surface area (Å²) >= 11 is 0. The van der Waals surface area contributed by atoms with Crippen LogP contribution in [0.4, 0.5) is 5.69 Å². The Morgan fingerprint density at radius 1 is 1.19 bits per heavy atom. The minimum absolute atomic E-state index is 0.0647. The molecule has 1 unspecified atom stereocenters. The second-order valence-corrected chi connectivity index (χ2v) is 6.10. The van der Waals surface area contributed by atoms with Crippen molar-refractivity contribution in [3.8, 4) is 11.5 Å². The molecule has 2 aromatic rings. The average molecular weight is 371 g/mol. The Labute approximate surface area is 156 Å². The second kappa shape index (κ2) is 8.05. The Bertz CT molecular complexity index is 855. The third-order valence-corrected chi connectivity index (χ3v) is 4.63. The van der Waals surface area contributed by atoms with E-state index in [1.165, 1.54) is 25.3 Å². The van der Waals surface area contributed by atoms with Gasteiger partial charge in [0.25, 0.3) is 5.91 Å². The zero-order valence-corrected chi connectivity index (χ0v) is 15.2. The molecule has 1 N–H and O–H groups in total. The van der Waals surface area contributed by atoms with Crippen LogP contribution in [0.3, 0.4) is 0 Å². The molecule has 0 radical (unpaired) electrons. The molecule has 0 bridgehead atoms. The van der Waals surface area contributed by atoms with E-state index in [1.807, 2.05) is 24.3 Å². The van der Waals surface area contributed by atoms with Crippen LogP contribution in [-0.4, -0.2) is 49.6 Å². The van der Waals surface area contributed by atoms with Crippen LogP contribution in [0.25, 0.3) is 0 Å². The third-order valence-electron chi connectivity index (χ3n) is 4.63. The predicted molar refractivity (Wildman–Crippen MR) is 99.3 cm³/mol. The number of rotatable bonds is 5. The van der Waals surface area contributed by atoms with Gasteiger partial charge in [0.15, 0.2) is 5.75 Å². The summed E-state index contributed by atoms with van der Waals surface area (Å²) in [5, 5.41) is 14.4. The average Bonchev–Trinajstić information content (AvgIpc) is 2.72. The normalized spacial score (nSPS) is 16.7. The summed E-state index contributed by atoms with van der Waals surface area (Å²) in [4.78, 5) is 25.5. The van der Waals surface area contributed by atoms with Crippen molar-refractivity contribution in [3.05, 3.63) is 63.7 Å². The van der Waals surface area contributed by atoms with Crippen molar-refractivity contribution < 1.29 is 19.2 Å². The summed E-state index contributed by atoms with van der Waals surface area (Å²) in [7, 11) is 2.95.